The average Bonchev–Trinajstić information content (AvgIpc) is 2.97. The number of rotatable bonds is 5. The monoisotopic (exact) mass is 363 g/mol. The third-order valence-electron chi connectivity index (χ3n) is 5.09. The van der Waals surface area contributed by atoms with Crippen LogP contribution in [0.15, 0.2) is 36.4 Å². The Balaban J connectivity index is 2.06. The first-order chi connectivity index (χ1) is 11.6. The fourth-order valence-electron chi connectivity index (χ4n) is 3.82. The van der Waals surface area contributed by atoms with Gasteiger partial charge in [0.25, 0.3) is 0 Å². The van der Waals surface area contributed by atoms with E-state index in [2.05, 4.69) is 36.9 Å². The molecule has 0 saturated carbocycles. The van der Waals surface area contributed by atoms with E-state index in [1.165, 1.54) is 16.7 Å². The summed E-state index contributed by atoms with van der Waals surface area (Å²) < 4.78 is 5.45. The molecule has 2 aromatic carbocycles. The van der Waals surface area contributed by atoms with Crippen molar-refractivity contribution in [3.05, 3.63) is 63.1 Å². The molecule has 1 aliphatic carbocycles. The highest BCUT2D eigenvalue weighted by atomic mass is 35.5. The van der Waals surface area contributed by atoms with E-state index in [4.69, 9.17) is 27.9 Å². The summed E-state index contributed by atoms with van der Waals surface area (Å²) in [6.45, 7) is 6.50. The molecule has 128 valence electrons. The van der Waals surface area contributed by atoms with Crippen LogP contribution in [-0.4, -0.2) is 25.1 Å². The van der Waals surface area contributed by atoms with Crippen LogP contribution in [0.25, 0.3) is 0 Å². The smallest absolute Gasteiger partial charge is 0.119 e. The molecule has 3 rings (SSSR count). The van der Waals surface area contributed by atoms with Gasteiger partial charge in [0.15, 0.2) is 0 Å². The van der Waals surface area contributed by atoms with Crippen LogP contribution in [0.3, 0.4) is 0 Å². The highest BCUT2D eigenvalue weighted by Crippen LogP contribution is 2.48. The molecule has 0 aliphatic heterocycles. The number of nitrogens with zero attached hydrogens (tertiary/aromatic N) is 1. The lowest BCUT2D eigenvalue weighted by atomic mass is 9.93. The molecule has 0 saturated heterocycles. The minimum absolute atomic E-state index is 0.339. The van der Waals surface area contributed by atoms with Gasteiger partial charge in [-0.2, -0.15) is 0 Å². The second-order valence-corrected chi connectivity index (χ2v) is 7.01. The number of fused-ring (bicyclic) bond motifs is 1. The van der Waals surface area contributed by atoms with Gasteiger partial charge < -0.3 is 4.74 Å². The van der Waals surface area contributed by atoms with Gasteiger partial charge in [-0.1, -0.05) is 49.2 Å². The molecule has 0 fully saturated rings. The van der Waals surface area contributed by atoms with Crippen molar-refractivity contribution >= 4 is 23.2 Å². The molecular formula is C20H23Cl2NO. The summed E-state index contributed by atoms with van der Waals surface area (Å²) in [6.07, 6.45) is 1.06. The number of hydrogen-bond donors (Lipinski definition) is 0. The molecule has 2 atom stereocenters. The number of halogens is 2. The van der Waals surface area contributed by atoms with Crippen LogP contribution in [-0.2, 0) is 0 Å². The maximum absolute atomic E-state index is 6.26. The van der Waals surface area contributed by atoms with Crippen molar-refractivity contribution in [2.24, 2.45) is 0 Å². The number of methoxy groups -OCH3 is 1. The van der Waals surface area contributed by atoms with Crippen LogP contribution >= 0.6 is 23.2 Å². The molecule has 2 nitrogen and oxygen atoms in total. The Bertz CT molecular complexity index is 728. The van der Waals surface area contributed by atoms with Crippen LogP contribution in [0.4, 0.5) is 0 Å². The lowest BCUT2D eigenvalue weighted by Crippen LogP contribution is -2.27. The van der Waals surface area contributed by atoms with Gasteiger partial charge in [0.05, 0.1) is 17.2 Å². The molecule has 0 spiro atoms. The van der Waals surface area contributed by atoms with Gasteiger partial charge in [0.1, 0.15) is 5.75 Å². The maximum Gasteiger partial charge on any atom is 0.119 e. The Hall–Kier alpha value is -1.22. The molecule has 0 N–H and O–H groups in total. The third-order valence-corrected chi connectivity index (χ3v) is 5.83. The fourth-order valence-corrected chi connectivity index (χ4v) is 4.12. The first kappa shape index (κ1) is 17.6. The van der Waals surface area contributed by atoms with Gasteiger partial charge in [-0.25, -0.2) is 0 Å². The zero-order valence-electron chi connectivity index (χ0n) is 14.4. The summed E-state index contributed by atoms with van der Waals surface area (Å²) in [4.78, 5) is 2.51. The molecule has 4 heteroatoms. The first-order valence-electron chi connectivity index (χ1n) is 8.45. The lowest BCUT2D eigenvalue weighted by Gasteiger charge is -2.27. The number of ether oxygens (including phenoxy) is 1. The summed E-state index contributed by atoms with van der Waals surface area (Å²) in [5.74, 6) is 1.26. The summed E-state index contributed by atoms with van der Waals surface area (Å²) >= 11 is 12.4. The van der Waals surface area contributed by atoms with E-state index in [1.54, 1.807) is 7.11 Å². The normalized spacial score (nSPS) is 19.6. The van der Waals surface area contributed by atoms with E-state index in [1.807, 2.05) is 18.2 Å². The summed E-state index contributed by atoms with van der Waals surface area (Å²) in [5, 5.41) is 1.23. The Morgan fingerprint density at radius 3 is 2.38 bits per heavy atom. The van der Waals surface area contributed by atoms with Crippen LogP contribution in [0.2, 0.25) is 10.0 Å². The van der Waals surface area contributed by atoms with Crippen LogP contribution in [0.5, 0.6) is 5.75 Å². The zero-order chi connectivity index (χ0) is 17.3. The Morgan fingerprint density at radius 2 is 1.75 bits per heavy atom. The molecule has 0 amide bonds. The molecule has 2 aromatic rings. The molecule has 0 radical (unpaired) electrons. The maximum atomic E-state index is 6.26. The summed E-state index contributed by atoms with van der Waals surface area (Å²) in [5.41, 5.74) is 3.96. The van der Waals surface area contributed by atoms with Crippen molar-refractivity contribution in [3.63, 3.8) is 0 Å². The van der Waals surface area contributed by atoms with E-state index < -0.39 is 0 Å². The second-order valence-electron chi connectivity index (χ2n) is 6.19. The third kappa shape index (κ3) is 3.15. The van der Waals surface area contributed by atoms with Gasteiger partial charge in [-0.3, -0.25) is 4.90 Å². The van der Waals surface area contributed by atoms with Gasteiger partial charge in [-0.05, 0) is 60.5 Å². The van der Waals surface area contributed by atoms with Crippen LogP contribution < -0.4 is 4.74 Å². The number of hydrogen-bond acceptors (Lipinski definition) is 2. The minimum atomic E-state index is 0.339. The topological polar surface area (TPSA) is 12.5 Å². The van der Waals surface area contributed by atoms with Crippen molar-refractivity contribution in [1.82, 2.24) is 4.90 Å². The Labute approximate surface area is 154 Å². The standard InChI is InChI=1S/C20H23Cl2NO/c1-4-23(5-2)20-12-16(13-6-9-18(21)19(22)10-13)15-8-7-14(24-3)11-17(15)20/h6-11,16,20H,4-5,12H2,1-3H3/t16-,20-/m0/s1. The molecule has 0 heterocycles. The summed E-state index contributed by atoms with van der Waals surface area (Å²) in [7, 11) is 1.72. The predicted octanol–water partition coefficient (Wildman–Crippen LogP) is 5.92. The number of benzene rings is 2. The quantitative estimate of drug-likeness (QED) is 0.653. The largest absolute Gasteiger partial charge is 0.497 e. The van der Waals surface area contributed by atoms with Crippen molar-refractivity contribution in [3.8, 4) is 5.75 Å². The highest BCUT2D eigenvalue weighted by Gasteiger charge is 2.35. The first-order valence-corrected chi connectivity index (χ1v) is 9.21. The average molecular weight is 364 g/mol. The Kier molecular flexibility index (Phi) is 5.39. The van der Waals surface area contributed by atoms with Gasteiger partial charge in [0, 0.05) is 12.0 Å². The van der Waals surface area contributed by atoms with E-state index in [0.717, 1.165) is 25.3 Å². The van der Waals surface area contributed by atoms with Crippen molar-refractivity contribution in [2.45, 2.75) is 32.2 Å². The molecule has 1 aliphatic rings. The van der Waals surface area contributed by atoms with E-state index in [0.29, 0.717) is 22.0 Å². The van der Waals surface area contributed by atoms with E-state index in [9.17, 15) is 0 Å². The van der Waals surface area contributed by atoms with E-state index in [-0.39, 0.29) is 0 Å². The predicted molar refractivity (Wildman–Crippen MR) is 102 cm³/mol. The second kappa shape index (κ2) is 7.35. The van der Waals surface area contributed by atoms with Crippen molar-refractivity contribution < 1.29 is 4.74 Å². The molecule has 0 aromatic heterocycles. The zero-order valence-corrected chi connectivity index (χ0v) is 15.9. The van der Waals surface area contributed by atoms with Gasteiger partial charge >= 0.3 is 0 Å². The van der Waals surface area contributed by atoms with Crippen molar-refractivity contribution in [2.75, 3.05) is 20.2 Å². The van der Waals surface area contributed by atoms with E-state index >= 15 is 0 Å². The van der Waals surface area contributed by atoms with Gasteiger partial charge in [-0.15, -0.1) is 0 Å². The molecule has 0 bridgehead atoms. The molecular weight excluding hydrogens is 341 g/mol. The summed E-state index contributed by atoms with van der Waals surface area (Å²) in [6, 6.07) is 12.8. The molecule has 0 unspecified atom stereocenters. The van der Waals surface area contributed by atoms with Gasteiger partial charge in [0.2, 0.25) is 0 Å². The molecule has 24 heavy (non-hydrogen) atoms. The fraction of sp³-hybridized carbons (Fsp3) is 0.400. The SMILES string of the molecule is CCN(CC)[C@H]1C[C@@H](c2ccc(Cl)c(Cl)c2)c2ccc(OC)cc21. The van der Waals surface area contributed by atoms with Crippen molar-refractivity contribution in [1.29, 1.82) is 0 Å². The lowest BCUT2D eigenvalue weighted by molar-refractivity contribution is 0.215. The minimum Gasteiger partial charge on any atom is -0.497 e. The van der Waals surface area contributed by atoms with Crippen LogP contribution in [0.1, 0.15) is 48.9 Å². The Morgan fingerprint density at radius 1 is 1.00 bits per heavy atom. The van der Waals surface area contributed by atoms with Crippen LogP contribution in [0, 0.1) is 0 Å². The highest BCUT2D eigenvalue weighted by molar-refractivity contribution is 6.42.